The Hall–Kier alpha value is -3.07. The van der Waals surface area contributed by atoms with Crippen molar-refractivity contribution in [1.29, 1.82) is 0 Å². The van der Waals surface area contributed by atoms with Crippen molar-refractivity contribution < 1.29 is 18.9 Å². The van der Waals surface area contributed by atoms with Crippen LogP contribution in [0.25, 0.3) is 11.1 Å². The minimum atomic E-state index is -0.256. The molecule has 0 amide bonds. The number of carbonyl (C=O) groups excluding carboxylic acids is 2. The second kappa shape index (κ2) is 14.0. The summed E-state index contributed by atoms with van der Waals surface area (Å²) in [5.74, 6) is 0.228. The highest BCUT2D eigenvalue weighted by molar-refractivity contribution is 14.1. The first-order chi connectivity index (χ1) is 18.9. The van der Waals surface area contributed by atoms with E-state index >= 15 is 0 Å². The minimum Gasteiger partial charge on any atom is -0.399 e. The molecule has 1 fully saturated rings. The fraction of sp³-hybridized carbons (Fsp3) is 0.235. The van der Waals surface area contributed by atoms with Crippen LogP contribution in [0.2, 0.25) is 0 Å². The molecule has 0 spiro atoms. The molecule has 4 aromatic rings. The monoisotopic (exact) mass is 646 g/mol. The van der Waals surface area contributed by atoms with Crippen molar-refractivity contribution >= 4 is 46.7 Å². The van der Waals surface area contributed by atoms with Gasteiger partial charge in [-0.25, -0.2) is 0 Å². The van der Waals surface area contributed by atoms with Crippen LogP contribution in [0.15, 0.2) is 109 Å². The molecule has 1 aliphatic heterocycles. The lowest BCUT2D eigenvalue weighted by Gasteiger charge is -2.32. The largest absolute Gasteiger partial charge is 0.494 e. The molecule has 1 heterocycles. The van der Waals surface area contributed by atoms with E-state index in [0.717, 1.165) is 25.7 Å². The summed E-state index contributed by atoms with van der Waals surface area (Å²) in [6, 6.07) is 35.4. The van der Waals surface area contributed by atoms with E-state index in [2.05, 4.69) is 62.4 Å². The van der Waals surface area contributed by atoms with Crippen LogP contribution in [0.1, 0.15) is 62.3 Å². The first-order valence-electron chi connectivity index (χ1n) is 13.2. The van der Waals surface area contributed by atoms with E-state index in [-0.39, 0.29) is 29.9 Å². The van der Waals surface area contributed by atoms with Crippen LogP contribution in [-0.4, -0.2) is 29.9 Å². The Morgan fingerprint density at radius 1 is 0.575 bits per heavy atom. The van der Waals surface area contributed by atoms with Crippen molar-refractivity contribution in [3.8, 4) is 11.1 Å². The van der Waals surface area contributed by atoms with Crippen LogP contribution in [-0.2, 0) is 9.31 Å². The molecule has 0 saturated carbocycles. The van der Waals surface area contributed by atoms with Gasteiger partial charge in [-0.15, -0.1) is 0 Å². The van der Waals surface area contributed by atoms with Crippen molar-refractivity contribution in [1.82, 2.24) is 0 Å². The third kappa shape index (κ3) is 8.72. The van der Waals surface area contributed by atoms with Crippen LogP contribution in [0.5, 0.6) is 0 Å². The molecule has 0 radical (unpaired) electrons. The average Bonchev–Trinajstić information content (AvgIpc) is 3.17. The van der Waals surface area contributed by atoms with Crippen molar-refractivity contribution in [2.75, 3.05) is 0 Å². The molecule has 0 N–H and O–H groups in total. The number of hydrogen-bond acceptors (Lipinski definition) is 4. The van der Waals surface area contributed by atoms with Gasteiger partial charge in [-0.2, -0.15) is 0 Å². The fourth-order valence-corrected chi connectivity index (χ4v) is 4.16. The molecule has 0 unspecified atom stereocenters. The fourth-order valence-electron chi connectivity index (χ4n) is 3.80. The van der Waals surface area contributed by atoms with Gasteiger partial charge in [-0.1, -0.05) is 97.1 Å². The van der Waals surface area contributed by atoms with Gasteiger partial charge >= 0.3 is 7.12 Å². The van der Waals surface area contributed by atoms with Gasteiger partial charge in [0.2, 0.25) is 0 Å². The van der Waals surface area contributed by atoms with E-state index < -0.39 is 0 Å². The minimum absolute atomic E-state index is 0.106. The van der Waals surface area contributed by atoms with Crippen LogP contribution < -0.4 is 5.46 Å². The highest BCUT2D eigenvalue weighted by Crippen LogP contribution is 2.36. The van der Waals surface area contributed by atoms with Crippen molar-refractivity contribution in [2.24, 2.45) is 0 Å². The molecule has 4 aromatic carbocycles. The van der Waals surface area contributed by atoms with Crippen LogP contribution in [0, 0.1) is 3.57 Å². The zero-order valence-electron chi connectivity index (χ0n) is 24.0. The lowest BCUT2D eigenvalue weighted by atomic mass is 9.79. The standard InChI is InChI=1S/C14H12O.C12H17BO2.C8H7IO/c1-11(15)12-7-9-14(10-8-12)13-5-3-2-4-6-13;1-11(2)12(3,4)15-13(14-11)10-8-6-5-7-9-10;1-6(10)7-2-4-8(9)5-3-7/h2-10H,1H3;5-9H,1-4H3;2-5H,1H3. The Labute approximate surface area is 252 Å². The maximum absolute atomic E-state index is 11.1. The predicted octanol–water partition coefficient (Wildman–Crippen LogP) is 8.04. The molecular formula is C34H36BIO4. The SMILES string of the molecule is CC(=O)c1ccc(-c2ccccc2)cc1.CC(=O)c1ccc(I)cc1.CC1(C)OB(c2ccccc2)OC1(C)C. The molecule has 0 aromatic heterocycles. The van der Waals surface area contributed by atoms with E-state index in [0.29, 0.717) is 0 Å². The molecule has 1 saturated heterocycles. The smallest absolute Gasteiger partial charge is 0.399 e. The lowest BCUT2D eigenvalue weighted by molar-refractivity contribution is 0.00578. The van der Waals surface area contributed by atoms with Gasteiger partial charge in [0.1, 0.15) is 0 Å². The molecule has 0 bridgehead atoms. The van der Waals surface area contributed by atoms with Crippen LogP contribution in [0.3, 0.4) is 0 Å². The Morgan fingerprint density at radius 2 is 0.950 bits per heavy atom. The van der Waals surface area contributed by atoms with E-state index in [1.807, 2.05) is 97.1 Å². The second-order valence-electron chi connectivity index (χ2n) is 10.6. The predicted molar refractivity (Wildman–Crippen MR) is 173 cm³/mol. The Bertz CT molecular complexity index is 1370. The number of hydrogen-bond donors (Lipinski definition) is 0. The molecule has 206 valence electrons. The Morgan fingerprint density at radius 3 is 1.38 bits per heavy atom. The molecule has 0 atom stereocenters. The summed E-state index contributed by atoms with van der Waals surface area (Å²) >= 11 is 2.21. The summed E-state index contributed by atoms with van der Waals surface area (Å²) in [5, 5.41) is 0. The summed E-state index contributed by atoms with van der Waals surface area (Å²) in [6.45, 7) is 11.4. The number of ketones is 2. The summed E-state index contributed by atoms with van der Waals surface area (Å²) in [5.41, 5.74) is 4.42. The zero-order valence-corrected chi connectivity index (χ0v) is 26.1. The third-order valence-electron chi connectivity index (χ3n) is 6.97. The maximum atomic E-state index is 11.1. The molecule has 1 aliphatic rings. The summed E-state index contributed by atoms with van der Waals surface area (Å²) in [6.07, 6.45) is 0. The molecule has 5 rings (SSSR count). The first-order valence-corrected chi connectivity index (χ1v) is 14.3. The highest BCUT2D eigenvalue weighted by atomic mass is 127. The number of Topliss-reactive ketones (excluding diaryl/α,β-unsaturated/α-hetero) is 2. The van der Waals surface area contributed by atoms with E-state index in [9.17, 15) is 9.59 Å². The number of halogens is 1. The summed E-state index contributed by atoms with van der Waals surface area (Å²) in [7, 11) is -0.240. The summed E-state index contributed by atoms with van der Waals surface area (Å²) < 4.78 is 13.0. The lowest BCUT2D eigenvalue weighted by Crippen LogP contribution is -2.41. The van der Waals surface area contributed by atoms with Crippen molar-refractivity contribution in [3.05, 3.63) is 124 Å². The zero-order chi connectivity index (χ0) is 29.3. The normalized spacial score (nSPS) is 14.7. The number of carbonyl (C=O) groups is 2. The maximum Gasteiger partial charge on any atom is 0.494 e. The van der Waals surface area contributed by atoms with Gasteiger partial charge in [0, 0.05) is 14.7 Å². The second-order valence-corrected chi connectivity index (χ2v) is 11.8. The van der Waals surface area contributed by atoms with Crippen LogP contribution >= 0.6 is 22.6 Å². The topological polar surface area (TPSA) is 52.6 Å². The van der Waals surface area contributed by atoms with Gasteiger partial charge in [-0.05, 0) is 92.9 Å². The summed E-state index contributed by atoms with van der Waals surface area (Å²) in [4.78, 5) is 21.8. The third-order valence-corrected chi connectivity index (χ3v) is 7.69. The van der Waals surface area contributed by atoms with E-state index in [1.165, 1.54) is 5.56 Å². The van der Waals surface area contributed by atoms with E-state index in [4.69, 9.17) is 9.31 Å². The van der Waals surface area contributed by atoms with Crippen molar-refractivity contribution in [3.63, 3.8) is 0 Å². The quantitative estimate of drug-likeness (QED) is 0.128. The van der Waals surface area contributed by atoms with Crippen LogP contribution in [0.4, 0.5) is 0 Å². The van der Waals surface area contributed by atoms with Gasteiger partial charge in [0.05, 0.1) is 11.2 Å². The van der Waals surface area contributed by atoms with Gasteiger partial charge in [-0.3, -0.25) is 9.59 Å². The molecule has 4 nitrogen and oxygen atoms in total. The number of rotatable bonds is 4. The first kappa shape index (κ1) is 31.5. The Balaban J connectivity index is 0.000000169. The molecular weight excluding hydrogens is 610 g/mol. The van der Waals surface area contributed by atoms with Gasteiger partial charge in [0.25, 0.3) is 0 Å². The molecule has 6 heteroatoms. The molecule has 0 aliphatic carbocycles. The number of benzene rings is 4. The van der Waals surface area contributed by atoms with Crippen molar-refractivity contribution in [2.45, 2.75) is 52.7 Å². The molecule has 40 heavy (non-hydrogen) atoms. The van der Waals surface area contributed by atoms with Gasteiger partial charge < -0.3 is 9.31 Å². The van der Waals surface area contributed by atoms with E-state index in [1.54, 1.807) is 13.8 Å². The highest BCUT2D eigenvalue weighted by Gasteiger charge is 2.51. The average molecular weight is 646 g/mol. The van der Waals surface area contributed by atoms with Gasteiger partial charge in [0.15, 0.2) is 11.6 Å². The Kier molecular flexibility index (Phi) is 11.0.